The van der Waals surface area contributed by atoms with Gasteiger partial charge in [0.1, 0.15) is 18.0 Å². The highest BCUT2D eigenvalue weighted by Crippen LogP contribution is 2.17. The minimum absolute atomic E-state index is 0.0698. The summed E-state index contributed by atoms with van der Waals surface area (Å²) in [5, 5.41) is 4.35. The van der Waals surface area contributed by atoms with Crippen LogP contribution in [-0.2, 0) is 39.1 Å². The maximum Gasteiger partial charge on any atom is 0.307 e. The smallest absolute Gasteiger partial charge is 0.307 e. The highest BCUT2D eigenvalue weighted by atomic mass is 16.5. The molecule has 0 spiro atoms. The number of hydrogen-bond acceptors (Lipinski definition) is 7. The van der Waals surface area contributed by atoms with E-state index in [1.54, 1.807) is 25.1 Å². The SMILES string of the molecule is CCc1cc(C(=O)N2CC(=O)N(CCC(=O)OC)CC(OCc3cccc(OC)c3)C2)n(C)n1. The Balaban J connectivity index is 1.79. The lowest BCUT2D eigenvalue weighted by Gasteiger charge is -2.24. The van der Waals surface area contributed by atoms with Gasteiger partial charge in [0.05, 0.1) is 39.0 Å². The van der Waals surface area contributed by atoms with Gasteiger partial charge in [0.25, 0.3) is 5.91 Å². The Bertz CT molecular complexity index is 1020. The summed E-state index contributed by atoms with van der Waals surface area (Å²) in [6.45, 7) is 2.83. The van der Waals surface area contributed by atoms with E-state index in [9.17, 15) is 14.4 Å². The number of amides is 2. The lowest BCUT2D eigenvalue weighted by molar-refractivity contribution is -0.142. The van der Waals surface area contributed by atoms with Crippen molar-refractivity contribution in [3.8, 4) is 5.75 Å². The number of ether oxygens (including phenoxy) is 3. The Kier molecular flexibility index (Phi) is 8.64. The van der Waals surface area contributed by atoms with Crippen molar-refractivity contribution >= 4 is 17.8 Å². The van der Waals surface area contributed by atoms with Gasteiger partial charge in [0.15, 0.2) is 0 Å². The van der Waals surface area contributed by atoms with Crippen LogP contribution in [0.4, 0.5) is 0 Å². The van der Waals surface area contributed by atoms with E-state index in [0.29, 0.717) is 12.1 Å². The van der Waals surface area contributed by atoms with E-state index in [1.807, 2.05) is 31.2 Å². The molecule has 1 atom stereocenters. The second-order valence-electron chi connectivity index (χ2n) is 8.13. The van der Waals surface area contributed by atoms with Crippen LogP contribution in [-0.4, -0.2) is 83.9 Å². The maximum atomic E-state index is 13.3. The van der Waals surface area contributed by atoms with Crippen molar-refractivity contribution in [1.82, 2.24) is 19.6 Å². The number of carbonyl (C=O) groups excluding carboxylic acids is 3. The van der Waals surface area contributed by atoms with Crippen molar-refractivity contribution in [3.63, 3.8) is 0 Å². The van der Waals surface area contributed by atoms with Gasteiger partial charge in [-0.2, -0.15) is 5.10 Å². The molecule has 1 saturated heterocycles. The van der Waals surface area contributed by atoms with Gasteiger partial charge in [-0.25, -0.2) is 0 Å². The lowest BCUT2D eigenvalue weighted by atomic mass is 10.2. The fourth-order valence-corrected chi connectivity index (χ4v) is 3.82. The average molecular weight is 473 g/mol. The topological polar surface area (TPSA) is 103 Å². The molecule has 2 amide bonds. The molecule has 1 aromatic heterocycles. The summed E-state index contributed by atoms with van der Waals surface area (Å²) in [5.41, 5.74) is 2.13. The molecule has 1 aliphatic heterocycles. The fourth-order valence-electron chi connectivity index (χ4n) is 3.82. The number of carbonyl (C=O) groups is 3. The monoisotopic (exact) mass is 472 g/mol. The Hall–Kier alpha value is -3.40. The molecule has 0 bridgehead atoms. The molecule has 0 aliphatic carbocycles. The minimum Gasteiger partial charge on any atom is -0.497 e. The Morgan fingerprint density at radius 2 is 1.97 bits per heavy atom. The molecule has 34 heavy (non-hydrogen) atoms. The van der Waals surface area contributed by atoms with Crippen molar-refractivity contribution in [2.45, 2.75) is 32.5 Å². The van der Waals surface area contributed by atoms with Crippen LogP contribution in [0.5, 0.6) is 5.75 Å². The van der Waals surface area contributed by atoms with E-state index >= 15 is 0 Å². The van der Waals surface area contributed by atoms with Crippen molar-refractivity contribution in [2.24, 2.45) is 7.05 Å². The van der Waals surface area contributed by atoms with E-state index in [0.717, 1.165) is 17.0 Å². The zero-order chi connectivity index (χ0) is 24.7. The highest BCUT2D eigenvalue weighted by molar-refractivity contribution is 5.95. The van der Waals surface area contributed by atoms with Crippen molar-refractivity contribution in [1.29, 1.82) is 0 Å². The second kappa shape index (κ2) is 11.6. The van der Waals surface area contributed by atoms with Crippen molar-refractivity contribution < 1.29 is 28.6 Å². The molecule has 0 N–H and O–H groups in total. The normalized spacial score (nSPS) is 16.4. The van der Waals surface area contributed by atoms with Crippen LogP contribution in [0.25, 0.3) is 0 Å². The molecule has 0 radical (unpaired) electrons. The molecule has 184 valence electrons. The summed E-state index contributed by atoms with van der Waals surface area (Å²) in [6, 6.07) is 9.27. The first-order valence-corrected chi connectivity index (χ1v) is 11.3. The summed E-state index contributed by atoms with van der Waals surface area (Å²) < 4.78 is 17.7. The lowest BCUT2D eigenvalue weighted by Crippen LogP contribution is -2.40. The van der Waals surface area contributed by atoms with E-state index < -0.39 is 12.1 Å². The first-order valence-electron chi connectivity index (χ1n) is 11.3. The van der Waals surface area contributed by atoms with E-state index in [-0.39, 0.29) is 51.0 Å². The maximum absolute atomic E-state index is 13.3. The second-order valence-corrected chi connectivity index (χ2v) is 8.13. The van der Waals surface area contributed by atoms with Gasteiger partial charge >= 0.3 is 5.97 Å². The van der Waals surface area contributed by atoms with Crippen LogP contribution in [0.2, 0.25) is 0 Å². The summed E-state index contributed by atoms with van der Waals surface area (Å²) in [4.78, 5) is 41.0. The van der Waals surface area contributed by atoms with Crippen LogP contribution >= 0.6 is 0 Å². The van der Waals surface area contributed by atoms with Gasteiger partial charge < -0.3 is 24.0 Å². The predicted octanol–water partition coefficient (Wildman–Crippen LogP) is 1.42. The third-order valence-electron chi connectivity index (χ3n) is 5.76. The Morgan fingerprint density at radius 3 is 2.65 bits per heavy atom. The molecule has 2 heterocycles. The quantitative estimate of drug-likeness (QED) is 0.509. The number of rotatable bonds is 9. The zero-order valence-electron chi connectivity index (χ0n) is 20.2. The number of aromatic nitrogens is 2. The van der Waals surface area contributed by atoms with E-state index in [1.165, 1.54) is 16.7 Å². The third-order valence-corrected chi connectivity index (χ3v) is 5.76. The van der Waals surface area contributed by atoms with Gasteiger partial charge in [-0.15, -0.1) is 0 Å². The van der Waals surface area contributed by atoms with Gasteiger partial charge in [-0.3, -0.25) is 19.1 Å². The summed E-state index contributed by atoms with van der Waals surface area (Å²) in [7, 11) is 4.62. The van der Waals surface area contributed by atoms with Crippen LogP contribution in [0.3, 0.4) is 0 Å². The summed E-state index contributed by atoms with van der Waals surface area (Å²) in [6.07, 6.45) is 0.326. The first-order chi connectivity index (χ1) is 16.3. The molecule has 1 aliphatic rings. The number of aryl methyl sites for hydroxylation is 2. The van der Waals surface area contributed by atoms with Gasteiger partial charge in [0, 0.05) is 26.7 Å². The largest absolute Gasteiger partial charge is 0.497 e. The van der Waals surface area contributed by atoms with Gasteiger partial charge in [-0.05, 0) is 30.2 Å². The van der Waals surface area contributed by atoms with E-state index in [4.69, 9.17) is 14.2 Å². The van der Waals surface area contributed by atoms with Gasteiger partial charge in [0.2, 0.25) is 5.91 Å². The molecule has 10 heteroatoms. The number of nitrogens with zero attached hydrogens (tertiary/aromatic N) is 4. The number of esters is 1. The van der Waals surface area contributed by atoms with E-state index in [2.05, 4.69) is 5.10 Å². The van der Waals surface area contributed by atoms with Crippen LogP contribution in [0.15, 0.2) is 30.3 Å². The molecule has 1 unspecified atom stereocenters. The molecule has 2 aromatic rings. The van der Waals surface area contributed by atoms with Crippen LogP contribution < -0.4 is 4.74 Å². The summed E-state index contributed by atoms with van der Waals surface area (Å²) in [5.74, 6) is -0.215. The molecule has 3 rings (SSSR count). The standard InChI is InChI=1S/C24H32N4O6/c1-5-18-12-21(26(2)25-18)24(31)28-14-20(34-16-17-7-6-8-19(11-17)32-3)13-27(22(29)15-28)10-9-23(30)33-4/h6-8,11-12,20H,5,9-10,13-16H2,1-4H3. The number of methoxy groups -OCH3 is 2. The average Bonchev–Trinajstić information content (AvgIpc) is 3.15. The number of hydrogen-bond donors (Lipinski definition) is 0. The predicted molar refractivity (Wildman–Crippen MR) is 123 cm³/mol. The fraction of sp³-hybridized carbons (Fsp3) is 0.500. The molecular formula is C24H32N4O6. The molecule has 10 nitrogen and oxygen atoms in total. The zero-order valence-corrected chi connectivity index (χ0v) is 20.2. The third kappa shape index (κ3) is 6.34. The number of benzene rings is 1. The molecule has 0 saturated carbocycles. The molecule has 1 aromatic carbocycles. The summed E-state index contributed by atoms with van der Waals surface area (Å²) >= 11 is 0. The highest BCUT2D eigenvalue weighted by Gasteiger charge is 2.32. The van der Waals surface area contributed by atoms with Crippen LogP contribution in [0, 0.1) is 0 Å². The van der Waals surface area contributed by atoms with Crippen molar-refractivity contribution in [2.75, 3.05) is 40.4 Å². The molecule has 1 fully saturated rings. The Labute approximate surface area is 199 Å². The first kappa shape index (κ1) is 25.2. The minimum atomic E-state index is -0.446. The van der Waals surface area contributed by atoms with Gasteiger partial charge in [-0.1, -0.05) is 19.1 Å². The van der Waals surface area contributed by atoms with Crippen LogP contribution in [0.1, 0.15) is 35.1 Å². The Morgan fingerprint density at radius 1 is 1.18 bits per heavy atom. The molecular weight excluding hydrogens is 440 g/mol. The van der Waals surface area contributed by atoms with Crippen molar-refractivity contribution in [3.05, 3.63) is 47.3 Å².